The number of carbonyl (C=O) groups is 1. The van der Waals surface area contributed by atoms with Crippen molar-refractivity contribution in [2.24, 2.45) is 5.92 Å². The number of rotatable bonds is 4. The van der Waals surface area contributed by atoms with Gasteiger partial charge in [0.05, 0.1) is 0 Å². The number of fused-ring (bicyclic) bond motifs is 2. The van der Waals surface area contributed by atoms with E-state index in [1.165, 1.54) is 51.4 Å². The molecule has 0 N–H and O–H groups in total. The van der Waals surface area contributed by atoms with Crippen LogP contribution in [0.1, 0.15) is 79.1 Å². The second kappa shape index (κ2) is 6.36. The molecule has 2 aliphatic rings. The summed E-state index contributed by atoms with van der Waals surface area (Å²) in [7, 11) is 0. The molecule has 3 nitrogen and oxygen atoms in total. The van der Waals surface area contributed by atoms with Crippen molar-refractivity contribution < 1.29 is 9.53 Å². The molecule has 0 aromatic carbocycles. The van der Waals surface area contributed by atoms with Gasteiger partial charge in [-0.2, -0.15) is 0 Å². The molecule has 116 valence electrons. The zero-order valence-electron chi connectivity index (χ0n) is 13.7. The van der Waals surface area contributed by atoms with E-state index in [0.29, 0.717) is 12.1 Å². The summed E-state index contributed by atoms with van der Waals surface area (Å²) in [6, 6.07) is 0.880. The summed E-state index contributed by atoms with van der Waals surface area (Å²) < 4.78 is 5.58. The molecule has 2 heterocycles. The van der Waals surface area contributed by atoms with Crippen molar-refractivity contribution in [1.82, 2.24) is 4.90 Å². The lowest BCUT2D eigenvalue weighted by Crippen LogP contribution is -2.48. The maximum absolute atomic E-state index is 12.3. The van der Waals surface area contributed by atoms with Gasteiger partial charge in [0.2, 0.25) is 0 Å². The van der Waals surface area contributed by atoms with Crippen LogP contribution in [0, 0.1) is 5.92 Å². The lowest BCUT2D eigenvalue weighted by Gasteiger charge is -2.39. The van der Waals surface area contributed by atoms with Crippen molar-refractivity contribution in [3.63, 3.8) is 0 Å². The Labute approximate surface area is 124 Å². The summed E-state index contributed by atoms with van der Waals surface area (Å²) in [6.07, 6.45) is 10.00. The predicted molar refractivity (Wildman–Crippen MR) is 81.7 cm³/mol. The summed E-state index contributed by atoms with van der Waals surface area (Å²) in [5, 5.41) is 0. The molecule has 0 aromatic heterocycles. The van der Waals surface area contributed by atoms with Crippen LogP contribution < -0.4 is 0 Å². The second-order valence-electron chi connectivity index (χ2n) is 7.61. The van der Waals surface area contributed by atoms with E-state index >= 15 is 0 Å². The molecule has 0 spiro atoms. The first kappa shape index (κ1) is 15.7. The molecular weight excluding hydrogens is 250 g/mol. The Morgan fingerprint density at radius 3 is 2.25 bits per heavy atom. The van der Waals surface area contributed by atoms with Gasteiger partial charge in [-0.3, -0.25) is 0 Å². The Balaban J connectivity index is 1.88. The summed E-state index contributed by atoms with van der Waals surface area (Å²) in [5.41, 5.74) is -0.380. The van der Waals surface area contributed by atoms with E-state index in [-0.39, 0.29) is 11.7 Å². The number of piperidine rings is 1. The fourth-order valence-corrected chi connectivity index (χ4v) is 3.82. The minimum atomic E-state index is -0.380. The van der Waals surface area contributed by atoms with Gasteiger partial charge in [-0.05, 0) is 52.4 Å². The van der Waals surface area contributed by atoms with Crippen LogP contribution in [0.15, 0.2) is 0 Å². The first-order valence-electron chi connectivity index (χ1n) is 8.42. The molecule has 2 saturated heterocycles. The summed E-state index contributed by atoms with van der Waals surface area (Å²) in [4.78, 5) is 14.4. The molecule has 2 fully saturated rings. The third-order valence-electron chi connectivity index (χ3n) is 4.65. The molecule has 2 aliphatic heterocycles. The summed E-state index contributed by atoms with van der Waals surface area (Å²) in [6.45, 7) is 8.10. The minimum Gasteiger partial charge on any atom is -0.444 e. The highest BCUT2D eigenvalue weighted by Gasteiger charge is 2.44. The van der Waals surface area contributed by atoms with E-state index in [1.54, 1.807) is 0 Å². The van der Waals surface area contributed by atoms with Crippen molar-refractivity contribution >= 4 is 6.09 Å². The number of hydrogen-bond donors (Lipinski definition) is 0. The van der Waals surface area contributed by atoms with Crippen LogP contribution >= 0.6 is 0 Å². The number of carbonyl (C=O) groups excluding carboxylic acids is 1. The molecule has 3 atom stereocenters. The highest BCUT2D eigenvalue weighted by Crippen LogP contribution is 2.41. The predicted octanol–water partition coefficient (Wildman–Crippen LogP) is 4.74. The highest BCUT2D eigenvalue weighted by atomic mass is 16.6. The maximum Gasteiger partial charge on any atom is 0.410 e. The molecule has 3 heteroatoms. The molecule has 0 saturated carbocycles. The lowest BCUT2D eigenvalue weighted by molar-refractivity contribution is 0.00151. The fourth-order valence-electron chi connectivity index (χ4n) is 3.82. The summed E-state index contributed by atoms with van der Waals surface area (Å²) in [5.74, 6) is 0.831. The molecule has 20 heavy (non-hydrogen) atoms. The zero-order chi connectivity index (χ0) is 14.8. The Bertz CT molecular complexity index is 320. The molecule has 1 unspecified atom stereocenters. The van der Waals surface area contributed by atoms with Gasteiger partial charge in [-0.1, -0.05) is 32.6 Å². The quantitative estimate of drug-likeness (QED) is 0.696. The normalized spacial score (nSPS) is 29.6. The van der Waals surface area contributed by atoms with Gasteiger partial charge in [0.25, 0.3) is 0 Å². The number of nitrogens with zero attached hydrogens (tertiary/aromatic N) is 1. The van der Waals surface area contributed by atoms with Crippen LogP contribution in [0.2, 0.25) is 0 Å². The van der Waals surface area contributed by atoms with Gasteiger partial charge in [-0.15, -0.1) is 0 Å². The number of hydrogen-bond acceptors (Lipinski definition) is 2. The molecule has 0 aromatic rings. The van der Waals surface area contributed by atoms with E-state index in [9.17, 15) is 4.79 Å². The zero-order valence-corrected chi connectivity index (χ0v) is 13.7. The van der Waals surface area contributed by atoms with Gasteiger partial charge in [0.15, 0.2) is 0 Å². The van der Waals surface area contributed by atoms with Crippen molar-refractivity contribution in [3.8, 4) is 0 Å². The number of amides is 1. The molecular formula is C17H31NO2. The van der Waals surface area contributed by atoms with Crippen LogP contribution in [-0.4, -0.2) is 28.7 Å². The Kier molecular flexibility index (Phi) is 4.98. The van der Waals surface area contributed by atoms with E-state index in [4.69, 9.17) is 4.74 Å². The first-order chi connectivity index (χ1) is 9.40. The van der Waals surface area contributed by atoms with E-state index < -0.39 is 0 Å². The molecule has 0 aliphatic carbocycles. The van der Waals surface area contributed by atoms with Crippen molar-refractivity contribution in [2.45, 2.75) is 96.7 Å². The van der Waals surface area contributed by atoms with Gasteiger partial charge >= 0.3 is 6.09 Å². The number of unbranched alkanes of at least 4 members (excludes halogenated alkanes) is 2. The van der Waals surface area contributed by atoms with Gasteiger partial charge in [0.1, 0.15) is 5.60 Å². The van der Waals surface area contributed by atoms with E-state index in [2.05, 4.69) is 11.8 Å². The van der Waals surface area contributed by atoms with Crippen LogP contribution in [0.25, 0.3) is 0 Å². The molecule has 2 bridgehead atoms. The first-order valence-corrected chi connectivity index (χ1v) is 8.42. The van der Waals surface area contributed by atoms with Crippen molar-refractivity contribution in [2.75, 3.05) is 0 Å². The molecule has 0 radical (unpaired) electrons. The smallest absolute Gasteiger partial charge is 0.410 e. The van der Waals surface area contributed by atoms with Gasteiger partial charge < -0.3 is 9.64 Å². The largest absolute Gasteiger partial charge is 0.444 e. The van der Waals surface area contributed by atoms with Crippen LogP contribution in [-0.2, 0) is 4.74 Å². The standard InChI is InChI=1S/C17H31NO2/c1-5-6-7-8-13-11-14-9-10-15(12-13)18(14)16(19)20-17(2,3)4/h13-15H,5-12H2,1-4H3/t13?,14-,15+. The average Bonchev–Trinajstić information content (AvgIpc) is 2.60. The Hall–Kier alpha value is -0.730. The monoisotopic (exact) mass is 281 g/mol. The van der Waals surface area contributed by atoms with Crippen LogP contribution in [0.4, 0.5) is 4.79 Å². The third kappa shape index (κ3) is 3.89. The van der Waals surface area contributed by atoms with Crippen LogP contribution in [0.3, 0.4) is 0 Å². The number of ether oxygens (including phenoxy) is 1. The third-order valence-corrected chi connectivity index (χ3v) is 4.65. The second-order valence-corrected chi connectivity index (χ2v) is 7.61. The fraction of sp³-hybridized carbons (Fsp3) is 0.941. The Morgan fingerprint density at radius 2 is 1.75 bits per heavy atom. The summed E-state index contributed by atoms with van der Waals surface area (Å²) >= 11 is 0. The molecule has 1 amide bonds. The lowest BCUT2D eigenvalue weighted by atomic mass is 9.87. The van der Waals surface area contributed by atoms with Crippen molar-refractivity contribution in [3.05, 3.63) is 0 Å². The minimum absolute atomic E-state index is 0.0861. The Morgan fingerprint density at radius 1 is 1.15 bits per heavy atom. The van der Waals surface area contributed by atoms with E-state index in [1.807, 2.05) is 20.8 Å². The average molecular weight is 281 g/mol. The van der Waals surface area contributed by atoms with Gasteiger partial charge in [-0.25, -0.2) is 4.79 Å². The van der Waals surface area contributed by atoms with Gasteiger partial charge in [0, 0.05) is 12.1 Å². The highest BCUT2D eigenvalue weighted by molar-refractivity contribution is 5.69. The van der Waals surface area contributed by atoms with Crippen molar-refractivity contribution in [1.29, 1.82) is 0 Å². The molecule has 2 rings (SSSR count). The maximum atomic E-state index is 12.3. The topological polar surface area (TPSA) is 29.5 Å². The SMILES string of the molecule is CCCCCC1C[C@H]2CC[C@@H](C1)N2C(=O)OC(C)(C)C. The van der Waals surface area contributed by atoms with E-state index in [0.717, 1.165) is 5.92 Å². The van der Waals surface area contributed by atoms with Crippen LogP contribution in [0.5, 0.6) is 0 Å².